The second-order valence-corrected chi connectivity index (χ2v) is 7.28. The largest absolute Gasteiger partial charge is 0.504 e. The van der Waals surface area contributed by atoms with Gasteiger partial charge in [0.1, 0.15) is 12.2 Å². The number of phenolic OH excluding ortho intramolecular Hbond substituents is 1. The van der Waals surface area contributed by atoms with E-state index >= 15 is 0 Å². The fourth-order valence-corrected chi connectivity index (χ4v) is 2.48. The summed E-state index contributed by atoms with van der Waals surface area (Å²) in [4.78, 5) is 11.6. The maximum atomic E-state index is 11.6. The summed E-state index contributed by atoms with van der Waals surface area (Å²) in [6.07, 6.45) is -0.490. The van der Waals surface area contributed by atoms with Crippen molar-refractivity contribution in [2.75, 3.05) is 13.2 Å². The topological polar surface area (TPSA) is 67.8 Å². The molecular weight excluding hydrogens is 330 g/mol. The maximum Gasteiger partial charge on any atom is 0.407 e. The Bertz CT molecular complexity index is 778. The van der Waals surface area contributed by atoms with E-state index in [-0.39, 0.29) is 18.9 Å². The van der Waals surface area contributed by atoms with Crippen LogP contribution in [-0.4, -0.2) is 30.0 Å². The maximum absolute atomic E-state index is 11.6. The minimum Gasteiger partial charge on any atom is -0.504 e. The number of aryl methyl sites for hydroxylation is 2. The van der Waals surface area contributed by atoms with Gasteiger partial charge in [-0.25, -0.2) is 4.79 Å². The summed E-state index contributed by atoms with van der Waals surface area (Å²) in [6, 6.07) is 11.6. The molecule has 0 fully saturated rings. The molecule has 1 amide bonds. The molecule has 0 spiro atoms. The number of ether oxygens (including phenoxy) is 2. The van der Waals surface area contributed by atoms with Crippen LogP contribution in [0.2, 0.25) is 0 Å². The highest BCUT2D eigenvalue weighted by Crippen LogP contribution is 2.33. The summed E-state index contributed by atoms with van der Waals surface area (Å²) >= 11 is 0. The summed E-state index contributed by atoms with van der Waals surface area (Å²) in [6.45, 7) is 10.0. The molecule has 140 valence electrons. The van der Waals surface area contributed by atoms with Gasteiger partial charge in [0.25, 0.3) is 0 Å². The van der Waals surface area contributed by atoms with Gasteiger partial charge in [0.2, 0.25) is 0 Å². The molecule has 0 unspecified atom stereocenters. The molecule has 0 bridgehead atoms. The molecule has 2 aromatic carbocycles. The van der Waals surface area contributed by atoms with Gasteiger partial charge >= 0.3 is 6.09 Å². The van der Waals surface area contributed by atoms with Crippen LogP contribution in [0, 0.1) is 13.8 Å². The number of hydrogen-bond donors (Lipinski definition) is 2. The van der Waals surface area contributed by atoms with Crippen LogP contribution in [-0.2, 0) is 4.74 Å². The summed E-state index contributed by atoms with van der Waals surface area (Å²) < 4.78 is 10.7. The third-order valence-corrected chi connectivity index (χ3v) is 3.69. The summed E-state index contributed by atoms with van der Waals surface area (Å²) in [5.41, 5.74) is 3.79. The Labute approximate surface area is 155 Å². The minimum atomic E-state index is -0.535. The van der Waals surface area contributed by atoms with Gasteiger partial charge in [-0.3, -0.25) is 0 Å². The zero-order valence-corrected chi connectivity index (χ0v) is 16.1. The zero-order valence-electron chi connectivity index (χ0n) is 16.1. The molecule has 0 radical (unpaired) electrons. The van der Waals surface area contributed by atoms with Gasteiger partial charge < -0.3 is 19.9 Å². The Kier molecular flexibility index (Phi) is 6.14. The second-order valence-electron chi connectivity index (χ2n) is 7.28. The van der Waals surface area contributed by atoms with Gasteiger partial charge in [-0.1, -0.05) is 29.8 Å². The lowest BCUT2D eigenvalue weighted by atomic mass is 9.98. The highest BCUT2D eigenvalue weighted by Gasteiger charge is 2.15. The highest BCUT2D eigenvalue weighted by atomic mass is 16.6. The second kappa shape index (κ2) is 8.13. The molecule has 26 heavy (non-hydrogen) atoms. The van der Waals surface area contributed by atoms with Gasteiger partial charge in [0.15, 0.2) is 11.5 Å². The molecular formula is C21H27NO4. The first kappa shape index (κ1) is 19.6. The summed E-state index contributed by atoms with van der Waals surface area (Å²) in [5.74, 6) is 0.450. The average molecular weight is 357 g/mol. The molecule has 0 aliphatic carbocycles. The number of phenols is 1. The van der Waals surface area contributed by atoms with Crippen molar-refractivity contribution in [3.8, 4) is 22.6 Å². The number of amides is 1. The molecule has 0 aromatic heterocycles. The van der Waals surface area contributed by atoms with Gasteiger partial charge in [-0.15, -0.1) is 0 Å². The van der Waals surface area contributed by atoms with Crippen LogP contribution in [0.25, 0.3) is 11.1 Å². The van der Waals surface area contributed by atoms with Crippen LogP contribution in [0.15, 0.2) is 36.4 Å². The molecule has 5 nitrogen and oxygen atoms in total. The molecule has 2 aromatic rings. The number of carbonyl (C=O) groups is 1. The van der Waals surface area contributed by atoms with Crippen LogP contribution in [0.4, 0.5) is 4.79 Å². The Morgan fingerprint density at radius 1 is 1.12 bits per heavy atom. The van der Waals surface area contributed by atoms with Gasteiger partial charge in [-0.05, 0) is 63.4 Å². The van der Waals surface area contributed by atoms with Crippen LogP contribution in [0.5, 0.6) is 11.5 Å². The molecule has 0 atom stereocenters. The third kappa shape index (κ3) is 5.69. The molecule has 0 saturated carbocycles. The van der Waals surface area contributed by atoms with Crippen molar-refractivity contribution in [3.05, 3.63) is 47.5 Å². The van der Waals surface area contributed by atoms with E-state index in [0.717, 1.165) is 16.7 Å². The number of carbonyl (C=O) groups excluding carboxylic acids is 1. The number of aromatic hydroxyl groups is 1. The van der Waals surface area contributed by atoms with Crippen molar-refractivity contribution in [1.29, 1.82) is 0 Å². The molecule has 2 N–H and O–H groups in total. The minimum absolute atomic E-state index is 0.0701. The smallest absolute Gasteiger partial charge is 0.407 e. The monoisotopic (exact) mass is 357 g/mol. The molecule has 0 saturated heterocycles. The lowest BCUT2D eigenvalue weighted by Crippen LogP contribution is -2.34. The highest BCUT2D eigenvalue weighted by molar-refractivity contribution is 5.70. The van der Waals surface area contributed by atoms with Crippen molar-refractivity contribution in [3.63, 3.8) is 0 Å². The van der Waals surface area contributed by atoms with Crippen LogP contribution in [0.1, 0.15) is 31.9 Å². The number of alkyl carbamates (subject to hydrolysis) is 1. The summed E-state index contributed by atoms with van der Waals surface area (Å²) in [5, 5.41) is 12.8. The molecule has 5 heteroatoms. The van der Waals surface area contributed by atoms with E-state index in [1.54, 1.807) is 32.9 Å². The molecule has 0 aliphatic rings. The van der Waals surface area contributed by atoms with E-state index in [1.165, 1.54) is 5.56 Å². The van der Waals surface area contributed by atoms with E-state index in [4.69, 9.17) is 9.47 Å². The number of hydrogen-bond acceptors (Lipinski definition) is 4. The van der Waals surface area contributed by atoms with E-state index in [9.17, 15) is 9.90 Å². The van der Waals surface area contributed by atoms with Crippen molar-refractivity contribution >= 4 is 6.09 Å². The fraction of sp³-hybridized carbons (Fsp3) is 0.381. The third-order valence-electron chi connectivity index (χ3n) is 3.69. The predicted molar refractivity (Wildman–Crippen MR) is 103 cm³/mol. The van der Waals surface area contributed by atoms with E-state index in [0.29, 0.717) is 5.75 Å². The van der Waals surface area contributed by atoms with E-state index in [2.05, 4.69) is 23.5 Å². The SMILES string of the molecule is Cc1ccc(C)c(-c2ccc(OCCNC(=O)OC(C)(C)C)c(O)c2)c1. The average Bonchev–Trinajstić information content (AvgIpc) is 2.53. The Morgan fingerprint density at radius 3 is 2.50 bits per heavy atom. The van der Waals surface area contributed by atoms with Crippen LogP contribution >= 0.6 is 0 Å². The zero-order chi connectivity index (χ0) is 19.3. The molecule has 0 aliphatic heterocycles. The fourth-order valence-electron chi connectivity index (χ4n) is 2.48. The predicted octanol–water partition coefficient (Wildman–Crippen LogP) is 4.58. The first-order chi connectivity index (χ1) is 12.2. The molecule has 0 heterocycles. The van der Waals surface area contributed by atoms with Crippen LogP contribution < -0.4 is 10.1 Å². The normalized spacial score (nSPS) is 11.1. The van der Waals surface area contributed by atoms with Crippen molar-refractivity contribution in [2.45, 2.75) is 40.2 Å². The lowest BCUT2D eigenvalue weighted by Gasteiger charge is -2.19. The standard InChI is InChI=1S/C21H27NO4/c1-14-6-7-15(2)17(12-14)16-8-9-19(18(23)13-16)25-11-10-22-20(24)26-21(3,4)5/h6-9,12-13,23H,10-11H2,1-5H3,(H,22,24). The van der Waals surface area contributed by atoms with Gasteiger partial charge in [-0.2, -0.15) is 0 Å². The first-order valence-corrected chi connectivity index (χ1v) is 8.66. The first-order valence-electron chi connectivity index (χ1n) is 8.66. The van der Waals surface area contributed by atoms with Crippen molar-refractivity contribution in [1.82, 2.24) is 5.32 Å². The van der Waals surface area contributed by atoms with Crippen molar-refractivity contribution in [2.24, 2.45) is 0 Å². The van der Waals surface area contributed by atoms with Gasteiger partial charge in [0, 0.05) is 0 Å². The quantitative estimate of drug-likeness (QED) is 0.769. The Morgan fingerprint density at radius 2 is 1.85 bits per heavy atom. The number of nitrogens with one attached hydrogen (secondary N) is 1. The van der Waals surface area contributed by atoms with E-state index in [1.807, 2.05) is 19.9 Å². The molecule has 2 rings (SSSR count). The Hall–Kier alpha value is -2.69. The van der Waals surface area contributed by atoms with Gasteiger partial charge in [0.05, 0.1) is 6.54 Å². The number of benzene rings is 2. The van der Waals surface area contributed by atoms with E-state index < -0.39 is 11.7 Å². The lowest BCUT2D eigenvalue weighted by molar-refractivity contribution is 0.0520. The van der Waals surface area contributed by atoms with Crippen molar-refractivity contribution < 1.29 is 19.4 Å². The van der Waals surface area contributed by atoms with Crippen LogP contribution in [0.3, 0.4) is 0 Å². The summed E-state index contributed by atoms with van der Waals surface area (Å²) in [7, 11) is 0. The number of rotatable bonds is 5. The Balaban J connectivity index is 1.94.